The molecule has 0 spiro atoms. The lowest BCUT2D eigenvalue weighted by Gasteiger charge is -2.33. The van der Waals surface area contributed by atoms with Crippen molar-refractivity contribution in [3.63, 3.8) is 0 Å². The first-order chi connectivity index (χ1) is 9.83. The van der Waals surface area contributed by atoms with E-state index in [-0.39, 0.29) is 18.1 Å². The van der Waals surface area contributed by atoms with Crippen LogP contribution in [0.4, 0.5) is 4.79 Å². The number of carbonyl (C=O) groups is 1. The van der Waals surface area contributed by atoms with E-state index in [4.69, 9.17) is 4.74 Å². The number of alkyl carbamates (subject to hydrolysis) is 1. The molecule has 0 aromatic carbocycles. The summed E-state index contributed by atoms with van der Waals surface area (Å²) in [4.78, 5) is 11.8. The van der Waals surface area contributed by atoms with Gasteiger partial charge in [0.05, 0.1) is 6.61 Å². The van der Waals surface area contributed by atoms with Gasteiger partial charge in [0.25, 0.3) is 0 Å². The Labute approximate surface area is 133 Å². The molecule has 0 bridgehead atoms. The minimum absolute atomic E-state index is 0.143. The van der Waals surface area contributed by atoms with Gasteiger partial charge in [0.2, 0.25) is 0 Å². The number of thioether (sulfide) groups is 1. The van der Waals surface area contributed by atoms with Gasteiger partial charge in [-0.2, -0.15) is 11.8 Å². The molecule has 4 nitrogen and oxygen atoms in total. The highest BCUT2D eigenvalue weighted by molar-refractivity contribution is 7.99. The van der Waals surface area contributed by atoms with Crippen molar-refractivity contribution in [2.75, 3.05) is 24.7 Å². The fourth-order valence-corrected chi connectivity index (χ4v) is 3.27. The van der Waals surface area contributed by atoms with Gasteiger partial charge in [0.15, 0.2) is 0 Å². The molecule has 2 N–H and O–H groups in total. The third kappa shape index (κ3) is 6.92. The highest BCUT2D eigenvalue weighted by Gasteiger charge is 2.44. The maximum atomic E-state index is 11.8. The Morgan fingerprint density at radius 3 is 2.52 bits per heavy atom. The summed E-state index contributed by atoms with van der Waals surface area (Å²) in [7, 11) is 0. The van der Waals surface area contributed by atoms with Crippen LogP contribution in [0.2, 0.25) is 0 Å². The average Bonchev–Trinajstić information content (AvgIpc) is 3.21. The third-order valence-corrected chi connectivity index (χ3v) is 4.90. The molecule has 21 heavy (non-hydrogen) atoms. The maximum absolute atomic E-state index is 11.8. The third-order valence-electron chi connectivity index (χ3n) is 3.91. The molecule has 1 atom stereocenters. The molecule has 1 unspecified atom stereocenters. The van der Waals surface area contributed by atoms with Crippen molar-refractivity contribution in [2.45, 2.75) is 59.0 Å². The molecule has 5 heteroatoms. The Morgan fingerprint density at radius 2 is 2.05 bits per heavy atom. The van der Waals surface area contributed by atoms with Crippen molar-refractivity contribution in [1.82, 2.24) is 5.32 Å². The summed E-state index contributed by atoms with van der Waals surface area (Å²) in [5.74, 6) is 2.80. The van der Waals surface area contributed by atoms with Crippen LogP contribution in [0.25, 0.3) is 0 Å². The molecule has 0 saturated heterocycles. The first-order valence-corrected chi connectivity index (χ1v) is 9.14. The smallest absolute Gasteiger partial charge is 0.407 e. The van der Waals surface area contributed by atoms with Crippen molar-refractivity contribution in [2.24, 2.45) is 11.3 Å². The van der Waals surface area contributed by atoms with Gasteiger partial charge in [-0.15, -0.1) is 0 Å². The summed E-state index contributed by atoms with van der Waals surface area (Å²) in [6.07, 6.45) is 4.00. The number of amides is 1. The lowest BCUT2D eigenvalue weighted by atomic mass is 9.79. The summed E-state index contributed by atoms with van der Waals surface area (Å²) >= 11 is 1.93. The van der Waals surface area contributed by atoms with E-state index in [0.29, 0.717) is 12.5 Å². The van der Waals surface area contributed by atoms with E-state index in [2.05, 4.69) is 12.2 Å². The van der Waals surface area contributed by atoms with Crippen molar-refractivity contribution in [3.8, 4) is 0 Å². The fourth-order valence-electron chi connectivity index (χ4n) is 2.63. The Kier molecular flexibility index (Phi) is 7.34. The van der Waals surface area contributed by atoms with Crippen LogP contribution in [-0.2, 0) is 4.74 Å². The SMILES string of the molecule is CCSCCCC(CO)(CNC(=O)OC(C)(C)C)C1CC1. The summed E-state index contributed by atoms with van der Waals surface area (Å²) in [6, 6.07) is 0. The van der Waals surface area contributed by atoms with E-state index in [1.54, 1.807) is 0 Å². The molecule has 1 aliphatic rings. The monoisotopic (exact) mass is 317 g/mol. The quantitative estimate of drug-likeness (QED) is 0.640. The van der Waals surface area contributed by atoms with Crippen LogP contribution < -0.4 is 5.32 Å². The van der Waals surface area contributed by atoms with Crippen LogP contribution in [0, 0.1) is 11.3 Å². The first kappa shape index (κ1) is 18.6. The summed E-state index contributed by atoms with van der Waals surface area (Å²) in [5, 5.41) is 12.8. The maximum Gasteiger partial charge on any atom is 0.407 e. The number of hydrogen-bond acceptors (Lipinski definition) is 4. The Morgan fingerprint density at radius 1 is 1.38 bits per heavy atom. The van der Waals surface area contributed by atoms with E-state index in [9.17, 15) is 9.90 Å². The molecule has 1 aliphatic carbocycles. The average molecular weight is 317 g/mol. The standard InChI is InChI=1S/C16H31NO3S/c1-5-21-10-6-9-16(12-18,13-7-8-13)11-17-14(19)20-15(2,3)4/h13,18H,5-12H2,1-4H3,(H,17,19). The molecule has 1 saturated carbocycles. The van der Waals surface area contributed by atoms with E-state index >= 15 is 0 Å². The van der Waals surface area contributed by atoms with Crippen molar-refractivity contribution in [3.05, 3.63) is 0 Å². The molecule has 0 aliphatic heterocycles. The Hall–Kier alpha value is -0.420. The number of aliphatic hydroxyl groups is 1. The van der Waals surface area contributed by atoms with E-state index in [1.165, 1.54) is 0 Å². The van der Waals surface area contributed by atoms with Crippen LogP contribution in [0.15, 0.2) is 0 Å². The highest BCUT2D eigenvalue weighted by Crippen LogP contribution is 2.48. The van der Waals surface area contributed by atoms with Gasteiger partial charge in [-0.05, 0) is 63.9 Å². The van der Waals surface area contributed by atoms with Crippen molar-refractivity contribution in [1.29, 1.82) is 0 Å². The topological polar surface area (TPSA) is 58.6 Å². The fraction of sp³-hybridized carbons (Fsp3) is 0.938. The lowest BCUT2D eigenvalue weighted by Crippen LogP contribution is -2.43. The molecule has 1 amide bonds. The van der Waals surface area contributed by atoms with Crippen LogP contribution in [-0.4, -0.2) is 41.5 Å². The molecular weight excluding hydrogens is 286 g/mol. The van der Waals surface area contributed by atoms with Crippen LogP contribution in [0.3, 0.4) is 0 Å². The van der Waals surface area contributed by atoms with Crippen molar-refractivity contribution >= 4 is 17.9 Å². The van der Waals surface area contributed by atoms with Crippen molar-refractivity contribution < 1.29 is 14.6 Å². The first-order valence-electron chi connectivity index (χ1n) is 7.98. The molecule has 0 aromatic rings. The normalized spacial score (nSPS) is 18.1. The largest absolute Gasteiger partial charge is 0.444 e. The van der Waals surface area contributed by atoms with Gasteiger partial charge in [-0.1, -0.05) is 6.92 Å². The van der Waals surface area contributed by atoms with Gasteiger partial charge in [0.1, 0.15) is 5.60 Å². The molecule has 0 heterocycles. The van der Waals surface area contributed by atoms with Gasteiger partial charge in [-0.3, -0.25) is 0 Å². The number of rotatable bonds is 9. The molecule has 1 fully saturated rings. The van der Waals surface area contributed by atoms with E-state index in [1.807, 2.05) is 32.5 Å². The number of aliphatic hydroxyl groups excluding tert-OH is 1. The zero-order valence-corrected chi connectivity index (χ0v) is 14.7. The Bertz CT molecular complexity index is 326. The summed E-state index contributed by atoms with van der Waals surface area (Å²) in [6.45, 7) is 8.39. The zero-order valence-electron chi connectivity index (χ0n) is 13.9. The Balaban J connectivity index is 2.47. The predicted molar refractivity (Wildman–Crippen MR) is 88.7 cm³/mol. The van der Waals surface area contributed by atoms with Crippen LogP contribution in [0.1, 0.15) is 53.4 Å². The molecule has 0 aromatic heterocycles. The second kappa shape index (κ2) is 8.28. The number of hydrogen-bond donors (Lipinski definition) is 2. The van der Waals surface area contributed by atoms with Gasteiger partial charge >= 0.3 is 6.09 Å². The van der Waals surface area contributed by atoms with E-state index < -0.39 is 5.60 Å². The minimum atomic E-state index is -0.483. The lowest BCUT2D eigenvalue weighted by molar-refractivity contribution is 0.0424. The zero-order chi connectivity index (χ0) is 15.9. The number of nitrogens with one attached hydrogen (secondary N) is 1. The highest BCUT2D eigenvalue weighted by atomic mass is 32.2. The minimum Gasteiger partial charge on any atom is -0.444 e. The number of ether oxygens (including phenoxy) is 1. The van der Waals surface area contributed by atoms with Crippen LogP contribution >= 0.6 is 11.8 Å². The van der Waals surface area contributed by atoms with Gasteiger partial charge in [0, 0.05) is 12.0 Å². The molecular formula is C16H31NO3S. The van der Waals surface area contributed by atoms with Gasteiger partial charge < -0.3 is 15.2 Å². The second-order valence-electron chi connectivity index (χ2n) is 6.95. The van der Waals surface area contributed by atoms with Gasteiger partial charge in [-0.25, -0.2) is 4.79 Å². The molecule has 124 valence electrons. The second-order valence-corrected chi connectivity index (χ2v) is 8.34. The van der Waals surface area contributed by atoms with Crippen LogP contribution in [0.5, 0.6) is 0 Å². The summed E-state index contributed by atoms with van der Waals surface area (Å²) in [5.41, 5.74) is -0.644. The number of carbonyl (C=O) groups excluding carboxylic acids is 1. The molecule has 0 radical (unpaired) electrons. The van der Waals surface area contributed by atoms with E-state index in [0.717, 1.165) is 37.2 Å². The predicted octanol–water partition coefficient (Wildman–Crippen LogP) is 3.43. The molecule has 1 rings (SSSR count). The summed E-state index contributed by atoms with van der Waals surface area (Å²) < 4.78 is 5.29.